The Hall–Kier alpha value is -2.39. The van der Waals surface area contributed by atoms with Crippen molar-refractivity contribution in [3.63, 3.8) is 0 Å². The number of benzene rings is 2. The summed E-state index contributed by atoms with van der Waals surface area (Å²) in [6.45, 7) is 4.77. The summed E-state index contributed by atoms with van der Waals surface area (Å²) in [6.07, 6.45) is 2.58. The molecule has 0 aromatic heterocycles. The van der Waals surface area contributed by atoms with E-state index in [1.54, 1.807) is 0 Å². The molecule has 134 valence electrons. The summed E-state index contributed by atoms with van der Waals surface area (Å²) in [5.41, 5.74) is 4.95. The molecule has 1 saturated heterocycles. The minimum atomic E-state index is -0.950. The maximum Gasteiger partial charge on any atom is 0.341 e. The standard InChI is InChI=1S/C23H24O3/c1-3-7-20-21(18-12-10-16(2)11-13-18)22(24)26-23(20)19(14-15-25-23)17-8-5-4-6-9-17/h4-6,8-13,19H,3,7,14-15H2,1-2H3. The Morgan fingerprint density at radius 1 is 1.08 bits per heavy atom. The van der Waals surface area contributed by atoms with Gasteiger partial charge >= 0.3 is 5.97 Å². The lowest BCUT2D eigenvalue weighted by molar-refractivity contribution is -0.189. The number of carbonyl (C=O) groups excluding carboxylic acids is 1. The molecule has 0 aliphatic carbocycles. The largest absolute Gasteiger partial charge is 0.425 e. The maximum atomic E-state index is 12.9. The van der Waals surface area contributed by atoms with E-state index in [0.717, 1.165) is 36.0 Å². The van der Waals surface area contributed by atoms with Gasteiger partial charge in [-0.3, -0.25) is 0 Å². The van der Waals surface area contributed by atoms with Crippen LogP contribution in [0.5, 0.6) is 0 Å². The Morgan fingerprint density at radius 2 is 1.81 bits per heavy atom. The van der Waals surface area contributed by atoms with Crippen LogP contribution >= 0.6 is 0 Å². The molecule has 3 nitrogen and oxygen atoms in total. The summed E-state index contributed by atoms with van der Waals surface area (Å²) in [5, 5.41) is 0. The van der Waals surface area contributed by atoms with Gasteiger partial charge in [-0.25, -0.2) is 4.79 Å². The lowest BCUT2D eigenvalue weighted by Crippen LogP contribution is -2.37. The zero-order chi connectivity index (χ0) is 18.1. The fraction of sp³-hybridized carbons (Fsp3) is 0.348. The molecule has 2 aromatic rings. The van der Waals surface area contributed by atoms with Gasteiger partial charge in [0.2, 0.25) is 5.79 Å². The molecule has 1 fully saturated rings. The molecule has 0 radical (unpaired) electrons. The van der Waals surface area contributed by atoms with Crippen molar-refractivity contribution >= 4 is 11.5 Å². The van der Waals surface area contributed by atoms with Crippen LogP contribution < -0.4 is 0 Å². The van der Waals surface area contributed by atoms with E-state index in [1.165, 1.54) is 5.56 Å². The van der Waals surface area contributed by atoms with Gasteiger partial charge in [0.1, 0.15) is 0 Å². The monoisotopic (exact) mass is 348 g/mol. The summed E-state index contributed by atoms with van der Waals surface area (Å²) in [4.78, 5) is 12.9. The van der Waals surface area contributed by atoms with Gasteiger partial charge < -0.3 is 9.47 Å². The molecule has 2 heterocycles. The maximum absolute atomic E-state index is 12.9. The van der Waals surface area contributed by atoms with Crippen molar-refractivity contribution < 1.29 is 14.3 Å². The fourth-order valence-corrected chi connectivity index (χ4v) is 4.20. The normalized spacial score (nSPS) is 25.2. The number of esters is 1. The van der Waals surface area contributed by atoms with Crippen molar-refractivity contribution in [1.29, 1.82) is 0 Å². The molecule has 26 heavy (non-hydrogen) atoms. The predicted molar refractivity (Wildman–Crippen MR) is 102 cm³/mol. The topological polar surface area (TPSA) is 35.5 Å². The average molecular weight is 348 g/mol. The van der Waals surface area contributed by atoms with E-state index in [-0.39, 0.29) is 11.9 Å². The molecule has 4 rings (SSSR count). The minimum absolute atomic E-state index is 0.0390. The first-order valence-electron chi connectivity index (χ1n) is 9.38. The molecule has 0 bridgehead atoms. The molecule has 2 aromatic carbocycles. The predicted octanol–water partition coefficient (Wildman–Crippen LogP) is 5.01. The van der Waals surface area contributed by atoms with Crippen LogP contribution in [-0.4, -0.2) is 18.4 Å². The highest BCUT2D eigenvalue weighted by molar-refractivity contribution is 6.20. The summed E-state index contributed by atoms with van der Waals surface area (Å²) >= 11 is 0. The van der Waals surface area contributed by atoms with Gasteiger partial charge in [0.15, 0.2) is 0 Å². The average Bonchev–Trinajstić information content (AvgIpc) is 3.19. The first-order chi connectivity index (χ1) is 12.7. The SMILES string of the molecule is CCCC1=C(c2ccc(C)cc2)C(=O)OC12OCCC2c1ccccc1. The number of carbonyl (C=O) groups is 1. The van der Waals surface area contributed by atoms with Gasteiger partial charge in [-0.1, -0.05) is 73.5 Å². The van der Waals surface area contributed by atoms with Crippen LogP contribution in [0.2, 0.25) is 0 Å². The van der Waals surface area contributed by atoms with Crippen molar-refractivity contribution in [1.82, 2.24) is 0 Å². The van der Waals surface area contributed by atoms with E-state index in [2.05, 4.69) is 19.1 Å². The highest BCUT2D eigenvalue weighted by Gasteiger charge is 2.57. The molecule has 1 spiro atoms. The van der Waals surface area contributed by atoms with Crippen molar-refractivity contribution in [2.45, 2.75) is 44.8 Å². The van der Waals surface area contributed by atoms with Gasteiger partial charge in [0.05, 0.1) is 18.1 Å². The van der Waals surface area contributed by atoms with Crippen molar-refractivity contribution in [2.75, 3.05) is 6.61 Å². The molecule has 2 atom stereocenters. The van der Waals surface area contributed by atoms with E-state index in [4.69, 9.17) is 9.47 Å². The molecular weight excluding hydrogens is 324 g/mol. The second kappa shape index (κ2) is 6.73. The quantitative estimate of drug-likeness (QED) is 0.729. The molecule has 2 aliphatic rings. The second-order valence-corrected chi connectivity index (χ2v) is 7.13. The molecule has 2 aliphatic heterocycles. The summed E-state index contributed by atoms with van der Waals surface area (Å²) < 4.78 is 12.2. The lowest BCUT2D eigenvalue weighted by Gasteiger charge is -2.31. The van der Waals surface area contributed by atoms with Crippen LogP contribution in [0.1, 0.15) is 48.8 Å². The Bertz CT molecular complexity index is 836. The van der Waals surface area contributed by atoms with E-state index in [9.17, 15) is 4.79 Å². The van der Waals surface area contributed by atoms with Crippen LogP contribution in [0.4, 0.5) is 0 Å². The highest BCUT2D eigenvalue weighted by atomic mass is 16.7. The van der Waals surface area contributed by atoms with Crippen molar-refractivity contribution in [3.8, 4) is 0 Å². The first-order valence-corrected chi connectivity index (χ1v) is 9.38. The molecule has 3 heteroatoms. The third-order valence-electron chi connectivity index (χ3n) is 5.39. The van der Waals surface area contributed by atoms with Gasteiger partial charge in [-0.15, -0.1) is 0 Å². The Labute approximate surface area is 154 Å². The second-order valence-electron chi connectivity index (χ2n) is 7.13. The summed E-state index contributed by atoms with van der Waals surface area (Å²) in [6, 6.07) is 18.4. The number of hydrogen-bond donors (Lipinski definition) is 0. The van der Waals surface area contributed by atoms with E-state index < -0.39 is 5.79 Å². The third kappa shape index (κ3) is 2.67. The first kappa shape index (κ1) is 17.0. The Balaban J connectivity index is 1.85. The lowest BCUT2D eigenvalue weighted by atomic mass is 9.82. The van der Waals surface area contributed by atoms with E-state index in [1.807, 2.05) is 49.4 Å². The van der Waals surface area contributed by atoms with Crippen LogP contribution in [0.15, 0.2) is 60.2 Å². The van der Waals surface area contributed by atoms with Gasteiger partial charge in [-0.05, 0) is 30.9 Å². The van der Waals surface area contributed by atoms with Gasteiger partial charge in [0.25, 0.3) is 0 Å². The van der Waals surface area contributed by atoms with Crippen LogP contribution in [0, 0.1) is 6.92 Å². The number of rotatable bonds is 4. The Morgan fingerprint density at radius 3 is 2.50 bits per heavy atom. The molecule has 2 unspecified atom stereocenters. The molecular formula is C23H24O3. The highest BCUT2D eigenvalue weighted by Crippen LogP contribution is 2.53. The number of ether oxygens (including phenoxy) is 2. The van der Waals surface area contributed by atoms with E-state index in [0.29, 0.717) is 12.2 Å². The Kier molecular flexibility index (Phi) is 4.41. The number of hydrogen-bond acceptors (Lipinski definition) is 3. The molecule has 0 amide bonds. The summed E-state index contributed by atoms with van der Waals surface area (Å²) in [5.74, 6) is -1.17. The smallest absolute Gasteiger partial charge is 0.341 e. The summed E-state index contributed by atoms with van der Waals surface area (Å²) in [7, 11) is 0. The van der Waals surface area contributed by atoms with Gasteiger partial charge in [0, 0.05) is 5.57 Å². The molecule has 0 saturated carbocycles. The van der Waals surface area contributed by atoms with Gasteiger partial charge in [-0.2, -0.15) is 0 Å². The van der Waals surface area contributed by atoms with Crippen LogP contribution in [-0.2, 0) is 14.3 Å². The van der Waals surface area contributed by atoms with Crippen LogP contribution in [0.25, 0.3) is 5.57 Å². The van der Waals surface area contributed by atoms with Crippen molar-refractivity contribution in [3.05, 3.63) is 76.9 Å². The zero-order valence-corrected chi connectivity index (χ0v) is 15.3. The minimum Gasteiger partial charge on any atom is -0.425 e. The molecule has 0 N–H and O–H groups in total. The van der Waals surface area contributed by atoms with E-state index >= 15 is 0 Å². The number of aryl methyl sites for hydroxylation is 1. The third-order valence-corrected chi connectivity index (χ3v) is 5.39. The fourth-order valence-electron chi connectivity index (χ4n) is 4.20. The van der Waals surface area contributed by atoms with Crippen molar-refractivity contribution in [2.24, 2.45) is 0 Å². The van der Waals surface area contributed by atoms with Crippen LogP contribution in [0.3, 0.4) is 0 Å². The zero-order valence-electron chi connectivity index (χ0n) is 15.3.